The van der Waals surface area contributed by atoms with Gasteiger partial charge in [-0.05, 0) is 11.5 Å². The molecule has 0 radical (unpaired) electrons. The molecule has 0 aliphatic rings. The van der Waals surface area contributed by atoms with E-state index in [-0.39, 0.29) is 5.69 Å². The molecule has 0 amide bonds. The van der Waals surface area contributed by atoms with Gasteiger partial charge in [-0.1, -0.05) is 24.3 Å². The Balaban J connectivity index is 2.28. The Labute approximate surface area is 95.5 Å². The van der Waals surface area contributed by atoms with Crippen LogP contribution in [0.15, 0.2) is 35.1 Å². The first-order valence-corrected chi connectivity index (χ1v) is 5.04. The number of benzene rings is 1. The SMILES string of the molecule is Nc1nc(-c2n[nH]c(=O)[nH]2)cc2ccccc12. The molecule has 0 spiro atoms. The van der Waals surface area contributed by atoms with E-state index < -0.39 is 0 Å². The molecule has 84 valence electrons. The van der Waals surface area contributed by atoms with Gasteiger partial charge in [-0.2, -0.15) is 5.10 Å². The highest BCUT2D eigenvalue weighted by atomic mass is 16.1. The van der Waals surface area contributed by atoms with Crippen LogP contribution in [0, 0.1) is 0 Å². The lowest BCUT2D eigenvalue weighted by atomic mass is 10.1. The lowest BCUT2D eigenvalue weighted by Gasteiger charge is -2.03. The third-order valence-corrected chi connectivity index (χ3v) is 2.51. The van der Waals surface area contributed by atoms with E-state index >= 15 is 0 Å². The quantitative estimate of drug-likeness (QED) is 0.574. The summed E-state index contributed by atoms with van der Waals surface area (Å²) in [6.07, 6.45) is 0. The minimum atomic E-state index is -0.367. The van der Waals surface area contributed by atoms with Crippen LogP contribution in [0.3, 0.4) is 0 Å². The van der Waals surface area contributed by atoms with E-state index in [9.17, 15) is 4.79 Å². The normalized spacial score (nSPS) is 10.8. The molecule has 2 aromatic heterocycles. The first-order chi connectivity index (χ1) is 8.24. The monoisotopic (exact) mass is 227 g/mol. The van der Waals surface area contributed by atoms with Crippen molar-refractivity contribution in [1.82, 2.24) is 20.2 Å². The van der Waals surface area contributed by atoms with Gasteiger partial charge < -0.3 is 5.73 Å². The molecule has 3 rings (SSSR count). The van der Waals surface area contributed by atoms with Gasteiger partial charge >= 0.3 is 5.69 Å². The zero-order chi connectivity index (χ0) is 11.8. The predicted octanol–water partition coefficient (Wildman–Crippen LogP) is 0.895. The maximum atomic E-state index is 11.0. The fourth-order valence-corrected chi connectivity index (χ4v) is 1.74. The number of hydrogen-bond acceptors (Lipinski definition) is 4. The van der Waals surface area contributed by atoms with Gasteiger partial charge in [0.25, 0.3) is 0 Å². The zero-order valence-electron chi connectivity index (χ0n) is 8.77. The van der Waals surface area contributed by atoms with Crippen molar-refractivity contribution < 1.29 is 0 Å². The van der Waals surface area contributed by atoms with Crippen LogP contribution >= 0.6 is 0 Å². The van der Waals surface area contributed by atoms with Crippen LogP contribution < -0.4 is 11.4 Å². The molecule has 0 fully saturated rings. The lowest BCUT2D eigenvalue weighted by molar-refractivity contribution is 1.05. The average Bonchev–Trinajstić information content (AvgIpc) is 2.76. The number of nitrogens with zero attached hydrogens (tertiary/aromatic N) is 2. The molecular formula is C11H9N5O. The summed E-state index contributed by atoms with van der Waals surface area (Å²) in [6, 6.07) is 9.48. The average molecular weight is 227 g/mol. The van der Waals surface area contributed by atoms with E-state index in [4.69, 9.17) is 5.73 Å². The van der Waals surface area contributed by atoms with E-state index in [1.165, 1.54) is 0 Å². The molecule has 0 bridgehead atoms. The number of nitrogen functional groups attached to an aromatic ring is 1. The molecule has 0 saturated heterocycles. The second-order valence-electron chi connectivity index (χ2n) is 3.64. The fourth-order valence-electron chi connectivity index (χ4n) is 1.74. The van der Waals surface area contributed by atoms with Crippen LogP contribution in [-0.2, 0) is 0 Å². The van der Waals surface area contributed by atoms with Crippen LogP contribution in [-0.4, -0.2) is 20.2 Å². The smallest absolute Gasteiger partial charge is 0.340 e. The third-order valence-electron chi connectivity index (χ3n) is 2.51. The largest absolute Gasteiger partial charge is 0.383 e. The van der Waals surface area contributed by atoms with Gasteiger partial charge in [-0.3, -0.25) is 4.98 Å². The first kappa shape index (κ1) is 9.59. The Kier molecular flexibility index (Phi) is 1.94. The molecule has 0 saturated carbocycles. The van der Waals surface area contributed by atoms with Gasteiger partial charge in [0, 0.05) is 5.39 Å². The van der Waals surface area contributed by atoms with E-state index in [0.29, 0.717) is 17.3 Å². The van der Waals surface area contributed by atoms with E-state index in [2.05, 4.69) is 20.2 Å². The maximum Gasteiger partial charge on any atom is 0.340 e. The van der Waals surface area contributed by atoms with Gasteiger partial charge in [0.1, 0.15) is 11.5 Å². The summed E-state index contributed by atoms with van der Waals surface area (Å²) in [5.74, 6) is 0.800. The number of H-pyrrole nitrogens is 2. The molecular weight excluding hydrogens is 218 g/mol. The summed E-state index contributed by atoms with van der Waals surface area (Å²) < 4.78 is 0. The van der Waals surface area contributed by atoms with E-state index in [1.807, 2.05) is 30.3 Å². The number of anilines is 1. The van der Waals surface area contributed by atoms with Crippen LogP contribution in [0.4, 0.5) is 5.82 Å². The topological polar surface area (TPSA) is 100 Å². The van der Waals surface area contributed by atoms with Crippen LogP contribution in [0.1, 0.15) is 0 Å². The first-order valence-electron chi connectivity index (χ1n) is 5.04. The molecule has 0 aliphatic carbocycles. The number of fused-ring (bicyclic) bond motifs is 1. The highest BCUT2D eigenvalue weighted by Gasteiger charge is 2.07. The van der Waals surface area contributed by atoms with Crippen LogP contribution in [0.5, 0.6) is 0 Å². The predicted molar refractivity (Wildman–Crippen MR) is 64.4 cm³/mol. The zero-order valence-corrected chi connectivity index (χ0v) is 8.77. The summed E-state index contributed by atoms with van der Waals surface area (Å²) >= 11 is 0. The number of nitrogens with two attached hydrogens (primary N) is 1. The number of aromatic nitrogens is 4. The molecule has 3 aromatic rings. The van der Waals surface area contributed by atoms with Crippen molar-refractivity contribution in [2.24, 2.45) is 0 Å². The molecule has 0 aliphatic heterocycles. The number of aromatic amines is 2. The Bertz CT molecular complexity index is 743. The Morgan fingerprint density at radius 2 is 2.06 bits per heavy atom. The van der Waals surface area contributed by atoms with Crippen LogP contribution in [0.2, 0.25) is 0 Å². The van der Waals surface area contributed by atoms with Gasteiger partial charge in [-0.15, -0.1) is 0 Å². The third kappa shape index (κ3) is 1.55. The van der Waals surface area contributed by atoms with Crippen molar-refractivity contribution in [1.29, 1.82) is 0 Å². The molecule has 6 heteroatoms. The molecule has 0 atom stereocenters. The molecule has 6 nitrogen and oxygen atoms in total. The standard InChI is InChI=1S/C11H9N5O/c12-9-7-4-2-1-3-6(7)5-8(13-9)10-14-11(17)16-15-10/h1-5H,(H2,12,13)(H2,14,15,16,17). The number of nitrogens with one attached hydrogen (secondary N) is 2. The van der Waals surface area contributed by atoms with Gasteiger partial charge in [0.15, 0.2) is 5.82 Å². The van der Waals surface area contributed by atoms with Crippen LogP contribution in [0.25, 0.3) is 22.3 Å². The maximum absolute atomic E-state index is 11.0. The molecule has 4 N–H and O–H groups in total. The van der Waals surface area contributed by atoms with Crippen molar-refractivity contribution in [2.45, 2.75) is 0 Å². The number of pyridine rings is 1. The van der Waals surface area contributed by atoms with Crippen molar-refractivity contribution in [3.63, 3.8) is 0 Å². The molecule has 2 heterocycles. The second-order valence-corrected chi connectivity index (χ2v) is 3.64. The Morgan fingerprint density at radius 3 is 2.82 bits per heavy atom. The Hall–Kier alpha value is -2.63. The summed E-state index contributed by atoms with van der Waals surface area (Å²) in [7, 11) is 0. The number of rotatable bonds is 1. The van der Waals surface area contributed by atoms with Crippen molar-refractivity contribution in [3.8, 4) is 11.5 Å². The highest BCUT2D eigenvalue weighted by Crippen LogP contribution is 2.23. The highest BCUT2D eigenvalue weighted by molar-refractivity contribution is 5.93. The summed E-state index contributed by atoms with van der Waals surface area (Å²) in [4.78, 5) is 17.7. The van der Waals surface area contributed by atoms with Gasteiger partial charge in [0.05, 0.1) is 0 Å². The summed E-state index contributed by atoms with van der Waals surface area (Å²) in [5, 5.41) is 7.96. The van der Waals surface area contributed by atoms with Gasteiger partial charge in [0.2, 0.25) is 0 Å². The van der Waals surface area contributed by atoms with Crippen molar-refractivity contribution in [3.05, 3.63) is 40.8 Å². The second kappa shape index (κ2) is 3.44. The lowest BCUT2D eigenvalue weighted by Crippen LogP contribution is -2.01. The van der Waals surface area contributed by atoms with Crippen molar-refractivity contribution in [2.75, 3.05) is 5.73 Å². The van der Waals surface area contributed by atoms with Gasteiger partial charge in [-0.25, -0.2) is 14.9 Å². The Morgan fingerprint density at radius 1 is 1.24 bits per heavy atom. The molecule has 1 aromatic carbocycles. The number of hydrogen-bond donors (Lipinski definition) is 3. The van der Waals surface area contributed by atoms with Crippen molar-refractivity contribution >= 4 is 16.6 Å². The summed E-state index contributed by atoms with van der Waals surface area (Å²) in [6.45, 7) is 0. The fraction of sp³-hybridized carbons (Fsp3) is 0. The minimum Gasteiger partial charge on any atom is -0.383 e. The minimum absolute atomic E-state index is 0.367. The molecule has 17 heavy (non-hydrogen) atoms. The summed E-state index contributed by atoms with van der Waals surface area (Å²) in [5.41, 5.74) is 6.03. The van der Waals surface area contributed by atoms with E-state index in [1.54, 1.807) is 0 Å². The van der Waals surface area contributed by atoms with E-state index in [0.717, 1.165) is 10.8 Å². The molecule has 0 unspecified atom stereocenters.